The zero-order chi connectivity index (χ0) is 17.3. The van der Waals surface area contributed by atoms with E-state index in [1.165, 1.54) is 16.4 Å². The third-order valence-electron chi connectivity index (χ3n) is 3.66. The fourth-order valence-electron chi connectivity index (χ4n) is 2.47. The molecular weight excluding hydrogens is 403 g/mol. The second-order valence-electron chi connectivity index (χ2n) is 5.36. The van der Waals surface area contributed by atoms with Crippen LogP contribution in [0.5, 0.6) is 0 Å². The fourth-order valence-corrected chi connectivity index (χ4v) is 6.14. The molecule has 3 aromatic rings. The average molecular weight is 417 g/mol. The molecule has 124 valence electrons. The summed E-state index contributed by atoms with van der Waals surface area (Å²) in [5.74, 6) is 0. The van der Waals surface area contributed by atoms with E-state index >= 15 is 0 Å². The van der Waals surface area contributed by atoms with Crippen molar-refractivity contribution in [1.82, 2.24) is 0 Å². The van der Waals surface area contributed by atoms with Crippen molar-refractivity contribution in [3.05, 3.63) is 69.0 Å². The molecule has 3 nitrogen and oxygen atoms in total. The van der Waals surface area contributed by atoms with Crippen LogP contribution in [0, 0.1) is 10.7 Å². The van der Waals surface area contributed by atoms with Gasteiger partial charge in [0.05, 0.1) is 9.77 Å². The first-order valence-electron chi connectivity index (χ1n) is 7.09. The Morgan fingerprint density at radius 3 is 2.40 bits per heavy atom. The van der Waals surface area contributed by atoms with Crippen molar-refractivity contribution in [3.8, 4) is 10.4 Å². The van der Waals surface area contributed by atoms with E-state index in [4.69, 9.17) is 12.2 Å². The Balaban J connectivity index is 0.00000225. The zero-order valence-electron chi connectivity index (χ0n) is 13.7. The quantitative estimate of drug-likeness (QED) is 0.283. The maximum absolute atomic E-state index is 11.4. The summed E-state index contributed by atoms with van der Waals surface area (Å²) in [4.78, 5) is 0.934. The van der Waals surface area contributed by atoms with Crippen molar-refractivity contribution >= 4 is 43.0 Å². The van der Waals surface area contributed by atoms with Gasteiger partial charge in [0, 0.05) is 12.0 Å². The molecule has 25 heavy (non-hydrogen) atoms. The van der Waals surface area contributed by atoms with Crippen LogP contribution in [0.3, 0.4) is 0 Å². The van der Waals surface area contributed by atoms with E-state index in [0.717, 1.165) is 25.4 Å². The Bertz CT molecular complexity index is 1040. The first-order valence-corrected chi connectivity index (χ1v) is 11.1. The van der Waals surface area contributed by atoms with Gasteiger partial charge in [0.2, 0.25) is 0 Å². The van der Waals surface area contributed by atoms with Crippen molar-refractivity contribution in [2.24, 2.45) is 0 Å². The molecule has 0 radical (unpaired) electrons. The van der Waals surface area contributed by atoms with Gasteiger partial charge < -0.3 is 4.55 Å². The van der Waals surface area contributed by atoms with Gasteiger partial charge in [-0.05, 0) is 29.7 Å². The van der Waals surface area contributed by atoms with E-state index in [2.05, 4.69) is 0 Å². The van der Waals surface area contributed by atoms with E-state index in [-0.39, 0.29) is 34.5 Å². The number of benzene rings is 2. The van der Waals surface area contributed by atoms with Gasteiger partial charge in [-0.2, -0.15) is 0 Å². The molecule has 1 aromatic heterocycles. The van der Waals surface area contributed by atoms with Crippen molar-refractivity contribution in [1.29, 1.82) is 0 Å². The van der Waals surface area contributed by atoms with E-state index in [0.29, 0.717) is 12.0 Å². The van der Waals surface area contributed by atoms with Gasteiger partial charge in [-0.15, -0.1) is 0 Å². The number of aryl methyl sites for hydroxylation is 1. The average Bonchev–Trinajstić information content (AvgIpc) is 2.90. The molecule has 0 amide bonds. The molecule has 0 aliphatic carbocycles. The van der Waals surface area contributed by atoms with Gasteiger partial charge in [0.25, 0.3) is 0 Å². The zero-order valence-corrected chi connectivity index (χ0v) is 18.9. The van der Waals surface area contributed by atoms with Crippen molar-refractivity contribution in [3.63, 3.8) is 0 Å². The fraction of sp³-hybridized carbons (Fsp3) is 0.118. The summed E-state index contributed by atoms with van der Waals surface area (Å²) in [6, 6.07) is 14.9. The van der Waals surface area contributed by atoms with E-state index in [1.807, 2.05) is 36.4 Å². The number of rotatable bonds is 4. The molecule has 0 aliphatic rings. The molecule has 0 aliphatic heterocycles. The van der Waals surface area contributed by atoms with Crippen LogP contribution in [-0.2, 0) is 16.5 Å². The van der Waals surface area contributed by atoms with Gasteiger partial charge in [0.1, 0.15) is 13.9 Å². The third-order valence-corrected chi connectivity index (χ3v) is 7.83. The van der Waals surface area contributed by atoms with Gasteiger partial charge in [0.15, 0.2) is 0 Å². The predicted molar refractivity (Wildman–Crippen MR) is 100 cm³/mol. The molecular formula is C17H13NaO3S4. The Morgan fingerprint density at radius 1 is 1.08 bits per heavy atom. The SMILES string of the molecule is Cc1ccc(Cc2c(-c3ccccc3)ssc2=S)cc1S(=O)(=O)[O-].[Na+]. The smallest absolute Gasteiger partial charge is 0.744 e. The van der Waals surface area contributed by atoms with Crippen LogP contribution in [0.25, 0.3) is 10.4 Å². The monoisotopic (exact) mass is 416 g/mol. The molecule has 0 N–H and O–H groups in total. The molecule has 0 atom stereocenters. The Hall–Kier alpha value is -0.380. The summed E-state index contributed by atoms with van der Waals surface area (Å²) >= 11 is 5.45. The van der Waals surface area contributed by atoms with Gasteiger partial charge in [-0.1, -0.05) is 75.4 Å². The Morgan fingerprint density at radius 2 is 1.76 bits per heavy atom. The standard InChI is InChI=1S/C17H14O3S4.Na/c1-11-7-8-12(10-15(11)24(18,19)20)9-14-16(22-23-17(14)21)13-5-3-2-4-6-13;/h2-8,10H,9H2,1H3,(H,18,19,20);/q;+1/p-1. The molecule has 0 unspecified atom stereocenters. The topological polar surface area (TPSA) is 57.2 Å². The van der Waals surface area contributed by atoms with Crippen LogP contribution in [0.1, 0.15) is 16.7 Å². The Labute approximate surface area is 181 Å². The van der Waals surface area contributed by atoms with Crippen molar-refractivity contribution in [2.75, 3.05) is 0 Å². The number of hydrogen-bond acceptors (Lipinski definition) is 6. The molecule has 2 aromatic carbocycles. The minimum Gasteiger partial charge on any atom is -0.744 e. The van der Waals surface area contributed by atoms with Crippen LogP contribution < -0.4 is 29.6 Å². The third kappa shape index (κ3) is 4.87. The molecule has 0 bridgehead atoms. The molecule has 0 spiro atoms. The van der Waals surface area contributed by atoms with E-state index < -0.39 is 10.1 Å². The second-order valence-corrected chi connectivity index (χ2v) is 9.52. The van der Waals surface area contributed by atoms with E-state index in [1.54, 1.807) is 23.3 Å². The minimum absolute atomic E-state index is 0. The van der Waals surface area contributed by atoms with Crippen LogP contribution >= 0.6 is 32.9 Å². The Kier molecular flexibility index (Phi) is 7.15. The molecule has 0 saturated carbocycles. The summed E-state index contributed by atoms with van der Waals surface area (Å²) in [5.41, 5.74) is 3.32. The number of hydrogen-bond donors (Lipinski definition) is 0. The molecule has 3 rings (SSSR count). The summed E-state index contributed by atoms with van der Waals surface area (Å²) in [6.07, 6.45) is 0.506. The molecule has 0 fully saturated rings. The van der Waals surface area contributed by atoms with Crippen molar-refractivity contribution < 1.29 is 42.5 Å². The first-order chi connectivity index (χ1) is 11.4. The molecule has 0 saturated heterocycles. The van der Waals surface area contributed by atoms with Crippen LogP contribution in [-0.4, -0.2) is 13.0 Å². The van der Waals surface area contributed by atoms with Crippen LogP contribution in [0.2, 0.25) is 0 Å². The summed E-state index contributed by atoms with van der Waals surface area (Å²) in [6.45, 7) is 1.62. The first kappa shape index (κ1) is 20.9. The van der Waals surface area contributed by atoms with Crippen LogP contribution in [0.4, 0.5) is 0 Å². The summed E-state index contributed by atoms with van der Waals surface area (Å²) in [5, 5.41) is 0. The second kappa shape index (κ2) is 8.54. The van der Waals surface area contributed by atoms with Crippen LogP contribution in [0.15, 0.2) is 53.4 Å². The largest absolute Gasteiger partial charge is 1.00 e. The molecule has 8 heteroatoms. The van der Waals surface area contributed by atoms with Gasteiger partial charge >= 0.3 is 29.6 Å². The summed E-state index contributed by atoms with van der Waals surface area (Å²) in [7, 11) is -1.32. The maximum atomic E-state index is 11.4. The maximum Gasteiger partial charge on any atom is 1.00 e. The molecule has 1 heterocycles. The normalized spacial score (nSPS) is 11.1. The van der Waals surface area contributed by atoms with Crippen molar-refractivity contribution in [2.45, 2.75) is 18.2 Å². The van der Waals surface area contributed by atoms with E-state index in [9.17, 15) is 13.0 Å². The predicted octanol–water partition coefficient (Wildman–Crippen LogP) is 2.01. The van der Waals surface area contributed by atoms with Gasteiger partial charge in [-0.25, -0.2) is 8.42 Å². The summed E-state index contributed by atoms with van der Waals surface area (Å²) < 4.78 is 35.0. The van der Waals surface area contributed by atoms with Gasteiger partial charge in [-0.3, -0.25) is 0 Å². The minimum atomic E-state index is -4.48.